The Bertz CT molecular complexity index is 571. The van der Waals surface area contributed by atoms with Crippen molar-refractivity contribution in [3.63, 3.8) is 0 Å². The van der Waals surface area contributed by atoms with Gasteiger partial charge in [0.1, 0.15) is 5.82 Å². The Labute approximate surface area is 131 Å². The van der Waals surface area contributed by atoms with Crippen LogP contribution in [0.1, 0.15) is 30.5 Å². The van der Waals surface area contributed by atoms with E-state index in [4.69, 9.17) is 5.73 Å². The molecule has 1 atom stereocenters. The van der Waals surface area contributed by atoms with Gasteiger partial charge in [-0.3, -0.25) is 0 Å². The molecule has 2 rings (SSSR count). The van der Waals surface area contributed by atoms with Gasteiger partial charge >= 0.3 is 0 Å². The molecule has 3 nitrogen and oxygen atoms in total. The summed E-state index contributed by atoms with van der Waals surface area (Å²) in [5, 5.41) is 3.57. The molecule has 0 aliphatic heterocycles. The summed E-state index contributed by atoms with van der Waals surface area (Å²) in [6.07, 6.45) is 2.84. The lowest BCUT2D eigenvalue weighted by Gasteiger charge is -2.19. The van der Waals surface area contributed by atoms with Gasteiger partial charge in [0.25, 0.3) is 0 Å². The first-order valence-corrected chi connectivity index (χ1v) is 8.32. The predicted octanol–water partition coefficient (Wildman–Crippen LogP) is 3.81. The van der Waals surface area contributed by atoms with Gasteiger partial charge in [-0.1, -0.05) is 30.7 Å². The van der Waals surface area contributed by atoms with Crippen molar-refractivity contribution in [3.8, 4) is 0 Å². The molecule has 0 aliphatic rings. The Morgan fingerprint density at radius 3 is 2.86 bits per heavy atom. The molecule has 1 unspecified atom stereocenters. The minimum atomic E-state index is 0.226. The van der Waals surface area contributed by atoms with Crippen LogP contribution < -0.4 is 11.1 Å². The molecule has 1 heterocycles. The maximum absolute atomic E-state index is 6.03. The van der Waals surface area contributed by atoms with Gasteiger partial charge in [-0.25, -0.2) is 4.98 Å². The minimum absolute atomic E-state index is 0.226. The number of benzene rings is 1. The van der Waals surface area contributed by atoms with Gasteiger partial charge in [0.2, 0.25) is 0 Å². The fourth-order valence-electron chi connectivity index (χ4n) is 2.19. The highest BCUT2D eigenvalue weighted by Crippen LogP contribution is 2.27. The molecule has 0 spiro atoms. The van der Waals surface area contributed by atoms with Crippen LogP contribution in [-0.4, -0.2) is 17.3 Å². The van der Waals surface area contributed by atoms with E-state index in [0.717, 1.165) is 24.3 Å². The number of nitrogens with zero attached hydrogens (tertiary/aromatic N) is 1. The van der Waals surface area contributed by atoms with Crippen LogP contribution in [0.2, 0.25) is 0 Å². The third kappa shape index (κ3) is 4.76. The summed E-state index contributed by atoms with van der Waals surface area (Å²) in [7, 11) is 0. The van der Waals surface area contributed by atoms with E-state index in [1.807, 2.05) is 17.8 Å². The lowest BCUT2D eigenvalue weighted by atomic mass is 10.1. The Kier molecular flexibility index (Phi) is 6.08. The van der Waals surface area contributed by atoms with Crippen LogP contribution in [0.4, 0.5) is 5.82 Å². The minimum Gasteiger partial charge on any atom is -0.383 e. The largest absolute Gasteiger partial charge is 0.383 e. The first-order valence-electron chi connectivity index (χ1n) is 7.34. The molecule has 0 amide bonds. The summed E-state index contributed by atoms with van der Waals surface area (Å²) in [5.41, 5.74) is 8.41. The second-order valence-electron chi connectivity index (χ2n) is 5.11. The number of nitrogen functional groups attached to an aromatic ring is 1. The van der Waals surface area contributed by atoms with E-state index in [2.05, 4.69) is 54.5 Å². The number of hydrogen-bond donors (Lipinski definition) is 2. The van der Waals surface area contributed by atoms with Gasteiger partial charge in [0, 0.05) is 28.5 Å². The molecule has 3 N–H and O–H groups in total. The van der Waals surface area contributed by atoms with E-state index in [0.29, 0.717) is 5.82 Å². The van der Waals surface area contributed by atoms with Crippen molar-refractivity contribution in [1.82, 2.24) is 10.3 Å². The van der Waals surface area contributed by atoms with Gasteiger partial charge in [-0.15, -0.1) is 11.8 Å². The van der Waals surface area contributed by atoms with Gasteiger partial charge < -0.3 is 11.1 Å². The van der Waals surface area contributed by atoms with E-state index >= 15 is 0 Å². The molecule has 21 heavy (non-hydrogen) atoms. The molecule has 1 aromatic heterocycles. The normalized spacial score (nSPS) is 12.3. The molecule has 0 aliphatic carbocycles. The molecule has 4 heteroatoms. The number of nitrogens with two attached hydrogens (primary N) is 1. The molecular weight excluding hydrogens is 278 g/mol. The van der Waals surface area contributed by atoms with Crippen LogP contribution in [0.25, 0.3) is 0 Å². The molecule has 0 saturated carbocycles. The maximum atomic E-state index is 6.03. The Morgan fingerprint density at radius 1 is 1.29 bits per heavy atom. The van der Waals surface area contributed by atoms with Gasteiger partial charge in [-0.2, -0.15) is 0 Å². The lowest BCUT2D eigenvalue weighted by Crippen LogP contribution is -2.25. The van der Waals surface area contributed by atoms with Crippen LogP contribution in [0.3, 0.4) is 0 Å². The SMILES string of the molecule is CCCNC(CSc1cccc(C)c1)c1cccnc1N. The number of anilines is 1. The standard InChI is InChI=1S/C17H23N3S/c1-3-9-19-16(15-8-5-10-20-17(15)18)12-21-14-7-4-6-13(2)11-14/h4-8,10-11,16,19H,3,9,12H2,1-2H3,(H2,18,20). The number of aryl methyl sites for hydroxylation is 1. The molecule has 0 radical (unpaired) electrons. The van der Waals surface area contributed by atoms with Crippen molar-refractivity contribution in [1.29, 1.82) is 0 Å². The van der Waals surface area contributed by atoms with Crippen LogP contribution >= 0.6 is 11.8 Å². The van der Waals surface area contributed by atoms with Gasteiger partial charge in [-0.05, 0) is 38.1 Å². The van der Waals surface area contributed by atoms with Crippen LogP contribution in [0.5, 0.6) is 0 Å². The van der Waals surface area contributed by atoms with Crippen molar-refractivity contribution < 1.29 is 0 Å². The van der Waals surface area contributed by atoms with Crippen molar-refractivity contribution in [2.75, 3.05) is 18.0 Å². The zero-order chi connectivity index (χ0) is 15.1. The van der Waals surface area contributed by atoms with E-state index in [9.17, 15) is 0 Å². The summed E-state index contributed by atoms with van der Waals surface area (Å²) in [6.45, 7) is 5.27. The van der Waals surface area contributed by atoms with E-state index < -0.39 is 0 Å². The number of pyridine rings is 1. The second kappa shape index (κ2) is 8.05. The highest BCUT2D eigenvalue weighted by molar-refractivity contribution is 7.99. The monoisotopic (exact) mass is 301 g/mol. The topological polar surface area (TPSA) is 50.9 Å². The van der Waals surface area contributed by atoms with Crippen molar-refractivity contribution in [3.05, 3.63) is 53.7 Å². The highest BCUT2D eigenvalue weighted by Gasteiger charge is 2.14. The smallest absolute Gasteiger partial charge is 0.128 e. The van der Waals surface area contributed by atoms with Crippen LogP contribution in [0.15, 0.2) is 47.5 Å². The quantitative estimate of drug-likeness (QED) is 0.764. The maximum Gasteiger partial charge on any atom is 0.128 e. The molecular formula is C17H23N3S. The first-order chi connectivity index (χ1) is 10.2. The summed E-state index contributed by atoms with van der Waals surface area (Å²) in [4.78, 5) is 5.50. The average Bonchev–Trinajstić information content (AvgIpc) is 2.48. The third-order valence-corrected chi connectivity index (χ3v) is 4.38. The second-order valence-corrected chi connectivity index (χ2v) is 6.21. The lowest BCUT2D eigenvalue weighted by molar-refractivity contribution is 0.577. The zero-order valence-electron chi connectivity index (χ0n) is 12.7. The Balaban J connectivity index is 2.08. The van der Waals surface area contributed by atoms with Crippen molar-refractivity contribution >= 4 is 17.6 Å². The van der Waals surface area contributed by atoms with Gasteiger partial charge in [0.15, 0.2) is 0 Å². The highest BCUT2D eigenvalue weighted by atomic mass is 32.2. The molecule has 112 valence electrons. The summed E-state index contributed by atoms with van der Waals surface area (Å²) in [6, 6.07) is 12.8. The number of hydrogen-bond acceptors (Lipinski definition) is 4. The number of thioether (sulfide) groups is 1. The van der Waals surface area contributed by atoms with Gasteiger partial charge in [0.05, 0.1) is 0 Å². The van der Waals surface area contributed by atoms with Crippen LogP contribution in [0, 0.1) is 6.92 Å². The third-order valence-electron chi connectivity index (χ3n) is 3.29. The molecule has 0 saturated heterocycles. The molecule has 1 aromatic carbocycles. The summed E-state index contributed by atoms with van der Waals surface area (Å²) < 4.78 is 0. The summed E-state index contributed by atoms with van der Waals surface area (Å²) >= 11 is 1.85. The number of aromatic nitrogens is 1. The van der Waals surface area contributed by atoms with E-state index in [1.165, 1.54) is 10.5 Å². The molecule has 0 bridgehead atoms. The summed E-state index contributed by atoms with van der Waals surface area (Å²) in [5.74, 6) is 1.57. The number of rotatable bonds is 7. The fraction of sp³-hybridized carbons (Fsp3) is 0.353. The zero-order valence-corrected chi connectivity index (χ0v) is 13.5. The Hall–Kier alpha value is -1.52. The molecule has 0 fully saturated rings. The van der Waals surface area contributed by atoms with E-state index in [-0.39, 0.29) is 6.04 Å². The van der Waals surface area contributed by atoms with Crippen molar-refractivity contribution in [2.24, 2.45) is 0 Å². The first kappa shape index (κ1) is 15.9. The van der Waals surface area contributed by atoms with E-state index in [1.54, 1.807) is 6.20 Å². The predicted molar refractivity (Wildman–Crippen MR) is 91.6 cm³/mol. The Morgan fingerprint density at radius 2 is 2.14 bits per heavy atom. The fourth-order valence-corrected chi connectivity index (χ4v) is 3.29. The average molecular weight is 301 g/mol. The van der Waals surface area contributed by atoms with Crippen LogP contribution in [-0.2, 0) is 0 Å². The van der Waals surface area contributed by atoms with Crippen molar-refractivity contribution in [2.45, 2.75) is 31.2 Å². The number of nitrogens with one attached hydrogen (secondary N) is 1. The molecule has 2 aromatic rings.